The largest absolute Gasteiger partial charge is 0.370 e. The smallest absolute Gasteiger partial charge is 0.138 e. The predicted molar refractivity (Wildman–Crippen MR) is 66.9 cm³/mol. The van der Waals surface area contributed by atoms with Gasteiger partial charge in [0.25, 0.3) is 0 Å². The van der Waals surface area contributed by atoms with Crippen LogP contribution < -0.4 is 5.32 Å². The fourth-order valence-electron chi connectivity index (χ4n) is 1.62. The number of aromatic nitrogens is 2. The van der Waals surface area contributed by atoms with Gasteiger partial charge in [-0.15, -0.1) is 0 Å². The van der Waals surface area contributed by atoms with Gasteiger partial charge in [0, 0.05) is 25.5 Å². The maximum absolute atomic E-state index is 4.25. The lowest BCUT2D eigenvalue weighted by Gasteiger charge is -2.15. The Hall–Kier alpha value is -1.55. The number of likely N-dealkylation sites (N-methyl/N-ethyl adjacent to an activating group) is 1. The summed E-state index contributed by atoms with van der Waals surface area (Å²) in [6, 6.07) is 6.10. The van der Waals surface area contributed by atoms with Crippen molar-refractivity contribution in [2.75, 3.05) is 32.0 Å². The van der Waals surface area contributed by atoms with Crippen molar-refractivity contribution < 1.29 is 0 Å². The van der Waals surface area contributed by atoms with E-state index < -0.39 is 0 Å². The van der Waals surface area contributed by atoms with Gasteiger partial charge in [-0.2, -0.15) is 0 Å². The third-order valence-corrected chi connectivity index (χ3v) is 2.77. The zero-order valence-corrected chi connectivity index (χ0v) is 9.85. The molecule has 2 heterocycles. The molecule has 0 fully saturated rings. The molecule has 2 rings (SSSR count). The number of hydrogen-bond donors (Lipinski definition) is 1. The molecular weight excluding hydrogens is 200 g/mol. The van der Waals surface area contributed by atoms with Gasteiger partial charge in [0.05, 0.1) is 0 Å². The van der Waals surface area contributed by atoms with Gasteiger partial charge in [-0.1, -0.05) is 13.0 Å². The van der Waals surface area contributed by atoms with Crippen molar-refractivity contribution in [2.24, 2.45) is 0 Å². The van der Waals surface area contributed by atoms with Crippen molar-refractivity contribution in [1.82, 2.24) is 14.3 Å². The topological polar surface area (TPSA) is 32.6 Å². The van der Waals surface area contributed by atoms with Crippen molar-refractivity contribution in [3.8, 4) is 0 Å². The monoisotopic (exact) mass is 218 g/mol. The standard InChI is InChI=1S/C12H18N4/c1-3-15(2)9-7-13-11-5-4-6-12-14-8-10-16(11)12/h4-6,8,10,13H,3,7,9H2,1-2H3. The quantitative estimate of drug-likeness (QED) is 0.829. The fraction of sp³-hybridized carbons (Fsp3) is 0.417. The normalized spacial score (nSPS) is 11.2. The molecule has 0 bridgehead atoms. The molecular formula is C12H18N4. The summed E-state index contributed by atoms with van der Waals surface area (Å²) in [6.07, 6.45) is 3.79. The molecule has 0 saturated heterocycles. The number of anilines is 1. The van der Waals surface area contributed by atoms with Crippen molar-refractivity contribution in [3.05, 3.63) is 30.6 Å². The van der Waals surface area contributed by atoms with Crippen LogP contribution in [0.4, 0.5) is 5.82 Å². The van der Waals surface area contributed by atoms with Gasteiger partial charge in [0.15, 0.2) is 0 Å². The van der Waals surface area contributed by atoms with E-state index in [4.69, 9.17) is 0 Å². The van der Waals surface area contributed by atoms with E-state index in [-0.39, 0.29) is 0 Å². The molecule has 0 aliphatic heterocycles. The number of nitrogens with zero attached hydrogens (tertiary/aromatic N) is 3. The van der Waals surface area contributed by atoms with Gasteiger partial charge in [0.1, 0.15) is 11.5 Å². The third kappa shape index (κ3) is 2.33. The Morgan fingerprint density at radius 1 is 1.44 bits per heavy atom. The number of fused-ring (bicyclic) bond motifs is 1. The molecule has 2 aromatic rings. The van der Waals surface area contributed by atoms with Crippen LogP contribution in [-0.4, -0.2) is 41.0 Å². The fourth-order valence-corrected chi connectivity index (χ4v) is 1.62. The van der Waals surface area contributed by atoms with Gasteiger partial charge < -0.3 is 10.2 Å². The van der Waals surface area contributed by atoms with Gasteiger partial charge in [-0.3, -0.25) is 4.40 Å². The molecule has 0 saturated carbocycles. The molecule has 0 aliphatic rings. The zero-order chi connectivity index (χ0) is 11.4. The van der Waals surface area contributed by atoms with Crippen LogP contribution >= 0.6 is 0 Å². The van der Waals surface area contributed by atoms with Crippen LogP contribution in [-0.2, 0) is 0 Å². The average molecular weight is 218 g/mol. The molecule has 4 nitrogen and oxygen atoms in total. The first kappa shape index (κ1) is 11.0. The summed E-state index contributed by atoms with van der Waals surface area (Å²) in [7, 11) is 2.12. The van der Waals surface area contributed by atoms with Crippen molar-refractivity contribution in [2.45, 2.75) is 6.92 Å². The molecule has 2 aromatic heterocycles. The number of pyridine rings is 1. The van der Waals surface area contributed by atoms with Crippen LogP contribution in [0.25, 0.3) is 5.65 Å². The van der Waals surface area contributed by atoms with Gasteiger partial charge in [-0.05, 0) is 25.7 Å². The molecule has 16 heavy (non-hydrogen) atoms. The molecule has 4 heteroatoms. The van der Waals surface area contributed by atoms with Crippen LogP contribution in [0, 0.1) is 0 Å². The maximum atomic E-state index is 4.25. The van der Waals surface area contributed by atoms with Crippen LogP contribution in [0.15, 0.2) is 30.6 Å². The summed E-state index contributed by atoms with van der Waals surface area (Å²) in [5.74, 6) is 1.10. The van der Waals surface area contributed by atoms with Crippen molar-refractivity contribution in [1.29, 1.82) is 0 Å². The van der Waals surface area contributed by atoms with E-state index in [1.807, 2.05) is 24.5 Å². The zero-order valence-electron chi connectivity index (χ0n) is 9.85. The molecule has 0 aromatic carbocycles. The summed E-state index contributed by atoms with van der Waals surface area (Å²) in [5, 5.41) is 3.42. The second kappa shape index (κ2) is 4.99. The summed E-state index contributed by atoms with van der Waals surface area (Å²) in [6.45, 7) is 5.23. The Balaban J connectivity index is 2.01. The van der Waals surface area contributed by atoms with Gasteiger partial charge in [-0.25, -0.2) is 4.98 Å². The summed E-state index contributed by atoms with van der Waals surface area (Å²) in [4.78, 5) is 6.53. The Kier molecular flexibility index (Phi) is 3.41. The molecule has 1 N–H and O–H groups in total. The van der Waals surface area contributed by atoms with Crippen molar-refractivity contribution in [3.63, 3.8) is 0 Å². The minimum atomic E-state index is 0.946. The summed E-state index contributed by atoms with van der Waals surface area (Å²) in [5.41, 5.74) is 0.980. The Labute approximate surface area is 95.9 Å². The SMILES string of the molecule is CCN(C)CCNc1cccc2nccn12. The summed E-state index contributed by atoms with van der Waals surface area (Å²) < 4.78 is 2.06. The van der Waals surface area contributed by atoms with E-state index in [9.17, 15) is 0 Å². The Morgan fingerprint density at radius 2 is 2.31 bits per heavy atom. The highest BCUT2D eigenvalue weighted by Gasteiger charge is 1.99. The predicted octanol–water partition coefficient (Wildman–Crippen LogP) is 1.70. The van der Waals surface area contributed by atoms with E-state index in [1.54, 1.807) is 0 Å². The van der Waals surface area contributed by atoms with Gasteiger partial charge in [0.2, 0.25) is 0 Å². The van der Waals surface area contributed by atoms with E-state index in [2.05, 4.69) is 39.6 Å². The average Bonchev–Trinajstić information content (AvgIpc) is 2.77. The number of hydrogen-bond acceptors (Lipinski definition) is 3. The molecule has 0 amide bonds. The molecule has 0 unspecified atom stereocenters. The number of imidazole rings is 1. The van der Waals surface area contributed by atoms with E-state index in [0.717, 1.165) is 31.1 Å². The first-order chi connectivity index (χ1) is 7.81. The molecule has 86 valence electrons. The minimum Gasteiger partial charge on any atom is -0.370 e. The molecule has 0 spiro atoms. The van der Waals surface area contributed by atoms with E-state index >= 15 is 0 Å². The summed E-state index contributed by atoms with van der Waals surface area (Å²) >= 11 is 0. The minimum absolute atomic E-state index is 0.946. The highest BCUT2D eigenvalue weighted by atomic mass is 15.1. The second-order valence-electron chi connectivity index (χ2n) is 3.89. The van der Waals surface area contributed by atoms with Gasteiger partial charge >= 0.3 is 0 Å². The highest BCUT2D eigenvalue weighted by molar-refractivity contribution is 5.49. The number of nitrogens with one attached hydrogen (secondary N) is 1. The third-order valence-electron chi connectivity index (χ3n) is 2.77. The molecule has 0 atom stereocenters. The van der Waals surface area contributed by atoms with Crippen molar-refractivity contribution >= 4 is 11.5 Å². The van der Waals surface area contributed by atoms with E-state index in [0.29, 0.717) is 0 Å². The first-order valence-corrected chi connectivity index (χ1v) is 5.65. The first-order valence-electron chi connectivity index (χ1n) is 5.65. The second-order valence-corrected chi connectivity index (χ2v) is 3.89. The van der Waals surface area contributed by atoms with Crippen LogP contribution in [0.3, 0.4) is 0 Å². The van der Waals surface area contributed by atoms with Crippen LogP contribution in [0.2, 0.25) is 0 Å². The van der Waals surface area contributed by atoms with E-state index in [1.165, 1.54) is 0 Å². The molecule has 0 aliphatic carbocycles. The lowest BCUT2D eigenvalue weighted by molar-refractivity contribution is 0.367. The molecule has 0 radical (unpaired) electrons. The highest BCUT2D eigenvalue weighted by Crippen LogP contribution is 2.10. The lowest BCUT2D eigenvalue weighted by atomic mass is 10.4. The Bertz CT molecular complexity index is 449. The van der Waals surface area contributed by atoms with Crippen LogP contribution in [0.5, 0.6) is 0 Å². The maximum Gasteiger partial charge on any atom is 0.138 e. The van der Waals surface area contributed by atoms with Crippen LogP contribution in [0.1, 0.15) is 6.92 Å². The Morgan fingerprint density at radius 3 is 3.12 bits per heavy atom. The lowest BCUT2D eigenvalue weighted by Crippen LogP contribution is -2.25. The number of rotatable bonds is 5.